The summed E-state index contributed by atoms with van der Waals surface area (Å²) in [5.74, 6) is 0.840. The first kappa shape index (κ1) is 10.6. The second kappa shape index (κ2) is 4.77. The molecular weight excluding hydrogens is 220 g/mol. The van der Waals surface area contributed by atoms with Gasteiger partial charge in [-0.3, -0.25) is 0 Å². The molecule has 0 bridgehead atoms. The molecule has 16 heavy (non-hydrogen) atoms. The first-order valence-electron chi connectivity index (χ1n) is 6.12. The average molecular weight is 238 g/mol. The van der Waals surface area contributed by atoms with Gasteiger partial charge in [-0.25, -0.2) is 0 Å². The number of hydrogen-bond donors (Lipinski definition) is 1. The minimum atomic E-state index is 0.840. The largest absolute Gasteiger partial charge is 0.311 e. The molecule has 0 amide bonds. The van der Waals surface area contributed by atoms with E-state index in [1.165, 1.54) is 43.9 Å². The molecule has 2 fully saturated rings. The number of likely N-dealkylation sites (tertiary alicyclic amines) is 1. The number of nitrogens with zero attached hydrogens (tertiary/aromatic N) is 3. The first-order chi connectivity index (χ1) is 7.92. The first-order valence-corrected chi connectivity index (χ1v) is 6.96. The molecule has 1 aromatic heterocycles. The molecule has 5 heteroatoms. The van der Waals surface area contributed by atoms with E-state index in [0.29, 0.717) is 0 Å². The summed E-state index contributed by atoms with van der Waals surface area (Å²) in [5, 5.41) is 9.53. The highest BCUT2D eigenvalue weighted by atomic mass is 32.1. The zero-order valence-electron chi connectivity index (χ0n) is 9.43. The van der Waals surface area contributed by atoms with Crippen LogP contribution in [0.4, 0.5) is 0 Å². The maximum atomic E-state index is 4.03. The number of aromatic nitrogens is 2. The Morgan fingerprint density at radius 3 is 3.12 bits per heavy atom. The second-order valence-electron chi connectivity index (χ2n) is 4.91. The van der Waals surface area contributed by atoms with Crippen molar-refractivity contribution in [1.82, 2.24) is 19.8 Å². The van der Waals surface area contributed by atoms with Gasteiger partial charge in [-0.1, -0.05) is 4.49 Å². The Morgan fingerprint density at radius 2 is 2.38 bits per heavy atom. The van der Waals surface area contributed by atoms with Crippen LogP contribution in [0.25, 0.3) is 0 Å². The van der Waals surface area contributed by atoms with E-state index in [4.69, 9.17) is 0 Å². The molecule has 0 radical (unpaired) electrons. The zero-order chi connectivity index (χ0) is 10.8. The van der Waals surface area contributed by atoms with Crippen molar-refractivity contribution in [3.63, 3.8) is 0 Å². The van der Waals surface area contributed by atoms with Crippen LogP contribution in [0, 0.1) is 5.92 Å². The van der Waals surface area contributed by atoms with Crippen LogP contribution < -0.4 is 5.32 Å². The van der Waals surface area contributed by atoms with Crippen molar-refractivity contribution in [1.29, 1.82) is 0 Å². The predicted octanol–water partition coefficient (Wildman–Crippen LogP) is 1.11. The van der Waals surface area contributed by atoms with Crippen LogP contribution in [0.5, 0.6) is 0 Å². The topological polar surface area (TPSA) is 41.1 Å². The Balaban J connectivity index is 1.36. The predicted molar refractivity (Wildman–Crippen MR) is 64.3 cm³/mol. The Bertz CT molecular complexity index is 323. The maximum Gasteiger partial charge on any atom is 0.0893 e. The number of hydrogen-bond acceptors (Lipinski definition) is 5. The van der Waals surface area contributed by atoms with Crippen molar-refractivity contribution in [3.05, 3.63) is 11.1 Å². The standard InChI is InChI=1S/C11H18N4S/c1-2-11(1)15-4-3-9(7-15)5-12-6-10-8-16-14-13-10/h8-9,11-12H,1-7H2. The summed E-state index contributed by atoms with van der Waals surface area (Å²) < 4.78 is 3.86. The summed E-state index contributed by atoms with van der Waals surface area (Å²) in [6.45, 7) is 4.61. The lowest BCUT2D eigenvalue weighted by Gasteiger charge is -2.14. The number of nitrogens with one attached hydrogen (secondary N) is 1. The fourth-order valence-electron chi connectivity index (χ4n) is 2.47. The molecule has 1 saturated carbocycles. The summed E-state index contributed by atoms with van der Waals surface area (Å²) in [4.78, 5) is 2.66. The molecule has 1 unspecified atom stereocenters. The van der Waals surface area contributed by atoms with Crippen LogP contribution in [0.1, 0.15) is 25.0 Å². The highest BCUT2D eigenvalue weighted by Crippen LogP contribution is 2.31. The molecule has 1 aromatic rings. The molecule has 1 saturated heterocycles. The Kier molecular flexibility index (Phi) is 3.17. The van der Waals surface area contributed by atoms with Gasteiger partial charge in [0.15, 0.2) is 0 Å². The van der Waals surface area contributed by atoms with Crippen LogP contribution in [-0.2, 0) is 6.54 Å². The van der Waals surface area contributed by atoms with Crippen LogP contribution in [0.15, 0.2) is 5.38 Å². The van der Waals surface area contributed by atoms with E-state index in [-0.39, 0.29) is 0 Å². The van der Waals surface area contributed by atoms with Crippen molar-refractivity contribution in [2.24, 2.45) is 5.92 Å². The molecule has 3 rings (SSSR count). The van der Waals surface area contributed by atoms with Crippen LogP contribution in [0.2, 0.25) is 0 Å². The van der Waals surface area contributed by atoms with Crippen molar-refractivity contribution >= 4 is 11.5 Å². The fraction of sp³-hybridized carbons (Fsp3) is 0.818. The van der Waals surface area contributed by atoms with Gasteiger partial charge in [-0.15, -0.1) is 5.10 Å². The molecule has 88 valence electrons. The number of rotatable bonds is 5. The summed E-state index contributed by atoms with van der Waals surface area (Å²) in [5.41, 5.74) is 1.07. The summed E-state index contributed by atoms with van der Waals surface area (Å²) >= 11 is 1.43. The highest BCUT2D eigenvalue weighted by molar-refractivity contribution is 7.03. The summed E-state index contributed by atoms with van der Waals surface area (Å²) in [7, 11) is 0. The van der Waals surface area contributed by atoms with Crippen molar-refractivity contribution in [2.75, 3.05) is 19.6 Å². The van der Waals surface area contributed by atoms with E-state index in [0.717, 1.165) is 30.7 Å². The molecular formula is C11H18N4S. The smallest absolute Gasteiger partial charge is 0.0893 e. The van der Waals surface area contributed by atoms with Gasteiger partial charge in [0.25, 0.3) is 0 Å². The lowest BCUT2D eigenvalue weighted by molar-refractivity contribution is 0.311. The quantitative estimate of drug-likeness (QED) is 0.834. The van der Waals surface area contributed by atoms with Crippen molar-refractivity contribution in [2.45, 2.75) is 31.8 Å². The van der Waals surface area contributed by atoms with E-state index in [2.05, 4.69) is 19.8 Å². The van der Waals surface area contributed by atoms with Crippen LogP contribution >= 0.6 is 11.5 Å². The van der Waals surface area contributed by atoms with Crippen LogP contribution in [-0.4, -0.2) is 40.2 Å². The van der Waals surface area contributed by atoms with E-state index >= 15 is 0 Å². The van der Waals surface area contributed by atoms with Gasteiger partial charge in [0.2, 0.25) is 0 Å². The minimum Gasteiger partial charge on any atom is -0.311 e. The minimum absolute atomic E-state index is 0.840. The second-order valence-corrected chi connectivity index (χ2v) is 5.52. The van der Waals surface area contributed by atoms with E-state index in [1.54, 1.807) is 0 Å². The molecule has 1 aliphatic heterocycles. The van der Waals surface area contributed by atoms with Gasteiger partial charge >= 0.3 is 0 Å². The van der Waals surface area contributed by atoms with E-state index in [1.807, 2.05) is 5.38 Å². The lowest BCUT2D eigenvalue weighted by Crippen LogP contribution is -2.27. The Hall–Kier alpha value is -0.520. The van der Waals surface area contributed by atoms with Gasteiger partial charge in [0, 0.05) is 24.5 Å². The zero-order valence-corrected chi connectivity index (χ0v) is 10.2. The Morgan fingerprint density at radius 1 is 1.44 bits per heavy atom. The lowest BCUT2D eigenvalue weighted by atomic mass is 10.1. The van der Waals surface area contributed by atoms with Gasteiger partial charge in [-0.2, -0.15) is 0 Å². The third kappa shape index (κ3) is 2.59. The molecule has 0 aromatic carbocycles. The highest BCUT2D eigenvalue weighted by Gasteiger charge is 2.33. The van der Waals surface area contributed by atoms with Gasteiger partial charge in [-0.05, 0) is 49.8 Å². The average Bonchev–Trinajstić information content (AvgIpc) is 2.83. The molecule has 1 atom stereocenters. The maximum absolute atomic E-state index is 4.03. The molecule has 0 spiro atoms. The molecule has 1 N–H and O–H groups in total. The van der Waals surface area contributed by atoms with E-state index in [9.17, 15) is 0 Å². The van der Waals surface area contributed by atoms with Gasteiger partial charge in [0.05, 0.1) is 5.69 Å². The summed E-state index contributed by atoms with van der Waals surface area (Å²) in [6, 6.07) is 0.938. The van der Waals surface area contributed by atoms with Crippen LogP contribution in [0.3, 0.4) is 0 Å². The monoisotopic (exact) mass is 238 g/mol. The molecule has 4 nitrogen and oxygen atoms in total. The van der Waals surface area contributed by atoms with Gasteiger partial charge in [0.1, 0.15) is 0 Å². The molecule has 2 aliphatic rings. The third-order valence-corrected chi connectivity index (χ3v) is 4.08. The van der Waals surface area contributed by atoms with E-state index < -0.39 is 0 Å². The third-order valence-electron chi connectivity index (χ3n) is 3.52. The van der Waals surface area contributed by atoms with Gasteiger partial charge < -0.3 is 10.2 Å². The Labute approximate surface area is 100 Å². The molecule has 1 aliphatic carbocycles. The summed E-state index contributed by atoms with van der Waals surface area (Å²) in [6.07, 6.45) is 4.23. The molecule has 2 heterocycles. The fourth-order valence-corrected chi connectivity index (χ4v) is 2.92. The normalized spacial score (nSPS) is 26.4. The van der Waals surface area contributed by atoms with Crippen molar-refractivity contribution in [3.8, 4) is 0 Å². The SMILES string of the molecule is c1snnc1CNCC1CCN(C2CC2)C1. The van der Waals surface area contributed by atoms with Crippen molar-refractivity contribution < 1.29 is 0 Å².